The van der Waals surface area contributed by atoms with E-state index in [0.29, 0.717) is 12.8 Å². The molecule has 104 valence electrons. The molecule has 1 aliphatic rings. The lowest BCUT2D eigenvalue weighted by molar-refractivity contribution is -0.141. The van der Waals surface area contributed by atoms with E-state index in [4.69, 9.17) is 5.11 Å². The number of rotatable bonds is 7. The Balaban J connectivity index is 2.41. The lowest BCUT2D eigenvalue weighted by atomic mass is 9.97. The minimum Gasteiger partial charge on any atom is -0.481 e. The fourth-order valence-corrected chi connectivity index (χ4v) is 2.76. The minimum absolute atomic E-state index is 0.0646. The lowest BCUT2D eigenvalue weighted by Crippen LogP contribution is -2.37. The number of carbonyl (C=O) groups is 2. The van der Waals surface area contributed by atoms with Crippen LogP contribution in [0.4, 0.5) is 0 Å². The second-order valence-corrected chi connectivity index (χ2v) is 5.33. The van der Waals surface area contributed by atoms with Crippen molar-refractivity contribution in [2.75, 3.05) is 0 Å². The van der Waals surface area contributed by atoms with Gasteiger partial charge >= 0.3 is 5.97 Å². The van der Waals surface area contributed by atoms with E-state index in [2.05, 4.69) is 19.2 Å². The van der Waals surface area contributed by atoms with Gasteiger partial charge in [-0.3, -0.25) is 9.59 Å². The molecule has 1 fully saturated rings. The van der Waals surface area contributed by atoms with E-state index in [1.165, 1.54) is 0 Å². The van der Waals surface area contributed by atoms with Crippen LogP contribution in [-0.4, -0.2) is 23.0 Å². The van der Waals surface area contributed by atoms with Gasteiger partial charge in [0.25, 0.3) is 0 Å². The number of amides is 1. The molecule has 1 saturated carbocycles. The van der Waals surface area contributed by atoms with Crippen molar-refractivity contribution in [2.24, 2.45) is 11.8 Å². The van der Waals surface area contributed by atoms with Gasteiger partial charge in [0, 0.05) is 12.0 Å². The van der Waals surface area contributed by atoms with Crippen LogP contribution in [0.25, 0.3) is 0 Å². The van der Waals surface area contributed by atoms with Crippen molar-refractivity contribution in [1.82, 2.24) is 5.32 Å². The first-order valence-corrected chi connectivity index (χ1v) is 7.11. The number of hydrogen-bond acceptors (Lipinski definition) is 2. The molecule has 0 aromatic heterocycles. The van der Waals surface area contributed by atoms with Gasteiger partial charge < -0.3 is 10.4 Å². The predicted octanol–water partition coefficient (Wildman–Crippen LogP) is 2.57. The third kappa shape index (κ3) is 4.31. The lowest BCUT2D eigenvalue weighted by Gasteiger charge is -2.19. The standard InChI is InChI=1S/C14H25NO3/c1-3-5-10(6-4-2)13(16)15-12-8-7-11(9-12)14(17)18/h10-12H,3-9H2,1-2H3,(H,15,16)(H,17,18). The van der Waals surface area contributed by atoms with Crippen molar-refractivity contribution in [3.8, 4) is 0 Å². The van der Waals surface area contributed by atoms with Crippen LogP contribution in [0.1, 0.15) is 58.8 Å². The Labute approximate surface area is 109 Å². The van der Waals surface area contributed by atoms with Crippen LogP contribution < -0.4 is 5.32 Å². The molecule has 18 heavy (non-hydrogen) atoms. The second-order valence-electron chi connectivity index (χ2n) is 5.33. The Morgan fingerprint density at radius 1 is 1.22 bits per heavy atom. The predicted molar refractivity (Wildman–Crippen MR) is 70.2 cm³/mol. The normalized spacial score (nSPS) is 23.3. The maximum absolute atomic E-state index is 12.1. The summed E-state index contributed by atoms with van der Waals surface area (Å²) in [4.78, 5) is 23.0. The topological polar surface area (TPSA) is 66.4 Å². The summed E-state index contributed by atoms with van der Waals surface area (Å²) in [5.41, 5.74) is 0. The van der Waals surface area contributed by atoms with Crippen LogP contribution in [0.2, 0.25) is 0 Å². The van der Waals surface area contributed by atoms with Crippen LogP contribution >= 0.6 is 0 Å². The van der Waals surface area contributed by atoms with Gasteiger partial charge in [0.2, 0.25) is 5.91 Å². The van der Waals surface area contributed by atoms with Gasteiger partial charge in [-0.2, -0.15) is 0 Å². The monoisotopic (exact) mass is 255 g/mol. The highest BCUT2D eigenvalue weighted by atomic mass is 16.4. The maximum atomic E-state index is 12.1. The summed E-state index contributed by atoms with van der Waals surface area (Å²) in [6.07, 6.45) is 5.96. The quantitative estimate of drug-likeness (QED) is 0.734. The van der Waals surface area contributed by atoms with Crippen LogP contribution in [-0.2, 0) is 9.59 Å². The first kappa shape index (κ1) is 15.0. The van der Waals surface area contributed by atoms with Crippen molar-refractivity contribution in [2.45, 2.75) is 64.8 Å². The minimum atomic E-state index is -0.731. The van der Waals surface area contributed by atoms with Crippen molar-refractivity contribution < 1.29 is 14.7 Å². The number of carboxylic acid groups (broad SMARTS) is 1. The van der Waals surface area contributed by atoms with Gasteiger partial charge in [-0.25, -0.2) is 0 Å². The number of hydrogen-bond donors (Lipinski definition) is 2. The summed E-state index contributed by atoms with van der Waals surface area (Å²) in [5.74, 6) is -0.782. The average molecular weight is 255 g/mol. The number of carbonyl (C=O) groups excluding carboxylic acids is 1. The van der Waals surface area contributed by atoms with Crippen LogP contribution in [0.5, 0.6) is 0 Å². The second kappa shape index (κ2) is 7.39. The van der Waals surface area contributed by atoms with Crippen LogP contribution in [0, 0.1) is 11.8 Å². The van der Waals surface area contributed by atoms with E-state index in [-0.39, 0.29) is 23.8 Å². The van der Waals surface area contributed by atoms with Crippen molar-refractivity contribution in [3.05, 3.63) is 0 Å². The summed E-state index contributed by atoms with van der Waals surface area (Å²) < 4.78 is 0. The van der Waals surface area contributed by atoms with Gasteiger partial charge in [-0.15, -0.1) is 0 Å². The molecule has 0 spiro atoms. The molecule has 0 bridgehead atoms. The van der Waals surface area contributed by atoms with Crippen LogP contribution in [0.15, 0.2) is 0 Å². The van der Waals surface area contributed by atoms with Gasteiger partial charge in [0.15, 0.2) is 0 Å². The molecule has 0 saturated heterocycles. The zero-order valence-electron chi connectivity index (χ0n) is 11.4. The molecule has 1 amide bonds. The largest absolute Gasteiger partial charge is 0.481 e. The molecule has 4 heteroatoms. The molecule has 2 atom stereocenters. The molecular formula is C14H25NO3. The van der Waals surface area contributed by atoms with E-state index in [9.17, 15) is 9.59 Å². The van der Waals surface area contributed by atoms with E-state index in [1.54, 1.807) is 0 Å². The maximum Gasteiger partial charge on any atom is 0.306 e. The van der Waals surface area contributed by atoms with Gasteiger partial charge in [-0.05, 0) is 32.1 Å². The van der Waals surface area contributed by atoms with E-state index >= 15 is 0 Å². The summed E-state index contributed by atoms with van der Waals surface area (Å²) in [5, 5.41) is 12.0. The van der Waals surface area contributed by atoms with Crippen molar-refractivity contribution in [3.63, 3.8) is 0 Å². The third-order valence-corrected chi connectivity index (χ3v) is 3.77. The molecule has 2 unspecified atom stereocenters. The Hall–Kier alpha value is -1.06. The van der Waals surface area contributed by atoms with Gasteiger partial charge in [-0.1, -0.05) is 26.7 Å². The highest BCUT2D eigenvalue weighted by Crippen LogP contribution is 2.26. The highest BCUT2D eigenvalue weighted by Gasteiger charge is 2.31. The SMILES string of the molecule is CCCC(CCC)C(=O)NC1CCC(C(=O)O)C1. The van der Waals surface area contributed by atoms with Crippen LogP contribution in [0.3, 0.4) is 0 Å². The van der Waals surface area contributed by atoms with Crippen molar-refractivity contribution in [1.29, 1.82) is 0 Å². The molecule has 0 aliphatic heterocycles. The number of carboxylic acids is 1. The highest BCUT2D eigenvalue weighted by molar-refractivity contribution is 5.79. The molecule has 0 heterocycles. The average Bonchev–Trinajstić information content (AvgIpc) is 2.77. The Kier molecular flexibility index (Phi) is 6.16. The summed E-state index contributed by atoms with van der Waals surface area (Å²) in [6, 6.07) is 0.0646. The molecular weight excluding hydrogens is 230 g/mol. The molecule has 1 rings (SSSR count). The van der Waals surface area contributed by atoms with Gasteiger partial charge in [0.05, 0.1) is 5.92 Å². The molecule has 4 nitrogen and oxygen atoms in total. The number of nitrogens with one attached hydrogen (secondary N) is 1. The first-order chi connectivity index (χ1) is 8.58. The molecule has 0 aromatic carbocycles. The smallest absolute Gasteiger partial charge is 0.306 e. The van der Waals surface area contributed by atoms with Gasteiger partial charge in [0.1, 0.15) is 0 Å². The Morgan fingerprint density at radius 2 is 1.83 bits per heavy atom. The fraction of sp³-hybridized carbons (Fsp3) is 0.857. The molecule has 2 N–H and O–H groups in total. The molecule has 0 aromatic rings. The van der Waals surface area contributed by atoms with E-state index in [1.807, 2.05) is 0 Å². The summed E-state index contributed by atoms with van der Waals surface area (Å²) in [7, 11) is 0. The first-order valence-electron chi connectivity index (χ1n) is 7.11. The fourth-order valence-electron chi connectivity index (χ4n) is 2.76. The number of aliphatic carboxylic acids is 1. The summed E-state index contributed by atoms with van der Waals surface area (Å²) in [6.45, 7) is 4.18. The zero-order chi connectivity index (χ0) is 13.5. The molecule has 0 radical (unpaired) electrons. The third-order valence-electron chi connectivity index (χ3n) is 3.77. The Morgan fingerprint density at radius 3 is 2.28 bits per heavy atom. The molecule has 1 aliphatic carbocycles. The van der Waals surface area contributed by atoms with E-state index in [0.717, 1.165) is 32.1 Å². The van der Waals surface area contributed by atoms with Crippen molar-refractivity contribution >= 4 is 11.9 Å². The zero-order valence-corrected chi connectivity index (χ0v) is 11.4. The summed E-state index contributed by atoms with van der Waals surface area (Å²) >= 11 is 0. The Bertz CT molecular complexity index is 285. The van der Waals surface area contributed by atoms with E-state index < -0.39 is 5.97 Å².